The minimum Gasteiger partial charge on any atom is -0.493 e. The fourth-order valence-corrected chi connectivity index (χ4v) is 2.31. The maximum atomic E-state index is 12.2. The van der Waals surface area contributed by atoms with Crippen LogP contribution in [0.4, 0.5) is 5.69 Å². The predicted octanol–water partition coefficient (Wildman–Crippen LogP) is 4.61. The van der Waals surface area contributed by atoms with E-state index in [2.05, 4.69) is 40.4 Å². The minimum atomic E-state index is -0.264. The lowest BCUT2D eigenvalue weighted by Crippen LogP contribution is -2.34. The van der Waals surface area contributed by atoms with Gasteiger partial charge in [0.1, 0.15) is 5.75 Å². The van der Waals surface area contributed by atoms with Crippen LogP contribution in [0.2, 0.25) is 0 Å². The maximum absolute atomic E-state index is 12.2. The van der Waals surface area contributed by atoms with Crippen molar-refractivity contribution in [1.29, 1.82) is 0 Å². The van der Waals surface area contributed by atoms with Gasteiger partial charge in [-0.05, 0) is 66.7 Å². The molecule has 6 heteroatoms. The normalized spacial score (nSPS) is 10.3. The number of ether oxygens (including phenoxy) is 1. The second-order valence-electron chi connectivity index (χ2n) is 5.64. The molecular weight excluding hydrogens is 388 g/mol. The number of carbonyl (C=O) groups is 1. The highest BCUT2D eigenvalue weighted by Gasteiger charge is 2.08. The molecule has 24 heavy (non-hydrogen) atoms. The minimum absolute atomic E-state index is 0.252. The number of anilines is 1. The summed E-state index contributed by atoms with van der Waals surface area (Å²) < 4.78 is 6.57. The van der Waals surface area contributed by atoms with E-state index in [4.69, 9.17) is 17.0 Å². The number of hydrogen-bond acceptors (Lipinski definition) is 3. The summed E-state index contributed by atoms with van der Waals surface area (Å²) in [4.78, 5) is 12.2. The van der Waals surface area contributed by atoms with Crippen LogP contribution in [0.1, 0.15) is 24.2 Å². The summed E-state index contributed by atoms with van der Waals surface area (Å²) in [6, 6.07) is 14.5. The van der Waals surface area contributed by atoms with Gasteiger partial charge < -0.3 is 10.1 Å². The quantitative estimate of drug-likeness (QED) is 0.711. The maximum Gasteiger partial charge on any atom is 0.257 e. The van der Waals surface area contributed by atoms with Crippen LogP contribution in [0.25, 0.3) is 0 Å². The van der Waals surface area contributed by atoms with Crippen molar-refractivity contribution in [1.82, 2.24) is 5.32 Å². The van der Waals surface area contributed by atoms with Gasteiger partial charge in [-0.3, -0.25) is 10.1 Å². The predicted molar refractivity (Wildman–Crippen MR) is 105 cm³/mol. The molecule has 0 aliphatic heterocycles. The molecule has 0 saturated carbocycles. The van der Waals surface area contributed by atoms with E-state index in [9.17, 15) is 4.79 Å². The zero-order valence-corrected chi connectivity index (χ0v) is 15.9. The van der Waals surface area contributed by atoms with Crippen molar-refractivity contribution in [3.05, 3.63) is 58.6 Å². The van der Waals surface area contributed by atoms with Gasteiger partial charge in [-0.1, -0.05) is 29.8 Å². The van der Waals surface area contributed by atoms with Gasteiger partial charge in [-0.2, -0.15) is 0 Å². The van der Waals surface area contributed by atoms with E-state index in [1.54, 1.807) is 24.3 Å². The Morgan fingerprint density at radius 3 is 2.33 bits per heavy atom. The lowest BCUT2D eigenvalue weighted by atomic mass is 10.2. The molecule has 2 N–H and O–H groups in total. The average Bonchev–Trinajstić information content (AvgIpc) is 2.55. The first-order valence-electron chi connectivity index (χ1n) is 7.55. The van der Waals surface area contributed by atoms with Gasteiger partial charge in [-0.25, -0.2) is 0 Å². The van der Waals surface area contributed by atoms with Crippen LogP contribution < -0.4 is 15.4 Å². The molecule has 0 fully saturated rings. The first-order chi connectivity index (χ1) is 11.4. The van der Waals surface area contributed by atoms with Crippen LogP contribution in [0, 0.1) is 5.92 Å². The first-order valence-corrected chi connectivity index (χ1v) is 8.75. The molecule has 0 aliphatic carbocycles. The van der Waals surface area contributed by atoms with E-state index in [-0.39, 0.29) is 11.0 Å². The standard InChI is InChI=1S/C18H19BrN2O2S/c1-12(2)11-23-16-9-3-13(4-10-16)17(22)21-18(24)20-15-7-5-14(19)6-8-15/h3-10,12H,11H2,1-2H3,(H2,20,21,22,24). The number of thiocarbonyl (C=S) groups is 1. The van der Waals surface area contributed by atoms with E-state index in [1.807, 2.05) is 24.3 Å². The Labute approximate surface area is 155 Å². The summed E-state index contributed by atoms with van der Waals surface area (Å²) in [6.07, 6.45) is 0. The number of hydrogen-bond donors (Lipinski definition) is 2. The third-order valence-corrected chi connectivity index (χ3v) is 3.76. The third-order valence-electron chi connectivity index (χ3n) is 3.03. The second-order valence-corrected chi connectivity index (χ2v) is 6.97. The number of benzene rings is 2. The van der Waals surface area contributed by atoms with Crippen LogP contribution in [0.15, 0.2) is 53.0 Å². The van der Waals surface area contributed by atoms with Gasteiger partial charge in [0.2, 0.25) is 0 Å². The molecule has 1 amide bonds. The summed E-state index contributed by atoms with van der Waals surface area (Å²) >= 11 is 8.53. The molecule has 0 bridgehead atoms. The molecule has 0 radical (unpaired) electrons. The van der Waals surface area contributed by atoms with Gasteiger partial charge >= 0.3 is 0 Å². The highest BCUT2D eigenvalue weighted by molar-refractivity contribution is 9.10. The van der Waals surface area contributed by atoms with E-state index in [0.29, 0.717) is 18.1 Å². The molecular formula is C18H19BrN2O2S. The molecule has 126 valence electrons. The monoisotopic (exact) mass is 406 g/mol. The molecule has 0 saturated heterocycles. The Kier molecular flexibility index (Phi) is 6.75. The fourth-order valence-electron chi connectivity index (χ4n) is 1.84. The van der Waals surface area contributed by atoms with Crippen molar-refractivity contribution in [2.24, 2.45) is 5.92 Å². The highest BCUT2D eigenvalue weighted by atomic mass is 79.9. The van der Waals surface area contributed by atoms with Crippen LogP contribution in [0.5, 0.6) is 5.75 Å². The summed E-state index contributed by atoms with van der Waals surface area (Å²) in [5, 5.41) is 5.88. The van der Waals surface area contributed by atoms with Crippen molar-refractivity contribution in [3.8, 4) is 5.75 Å². The van der Waals surface area contributed by atoms with E-state index < -0.39 is 0 Å². The van der Waals surface area contributed by atoms with Crippen molar-refractivity contribution in [2.75, 3.05) is 11.9 Å². The van der Waals surface area contributed by atoms with E-state index >= 15 is 0 Å². The molecule has 2 aromatic carbocycles. The molecule has 0 aromatic heterocycles. The Hall–Kier alpha value is -1.92. The van der Waals surface area contributed by atoms with Gasteiger partial charge in [-0.15, -0.1) is 0 Å². The van der Waals surface area contributed by atoms with Crippen molar-refractivity contribution >= 4 is 44.9 Å². The molecule has 0 spiro atoms. The number of carbonyl (C=O) groups excluding carboxylic acids is 1. The van der Waals surface area contributed by atoms with Crippen molar-refractivity contribution < 1.29 is 9.53 Å². The van der Waals surface area contributed by atoms with Gasteiger partial charge in [0.15, 0.2) is 5.11 Å². The van der Waals surface area contributed by atoms with Crippen LogP contribution >= 0.6 is 28.1 Å². The fraction of sp³-hybridized carbons (Fsp3) is 0.222. The molecule has 2 rings (SSSR count). The van der Waals surface area contributed by atoms with Crippen LogP contribution in [-0.2, 0) is 0 Å². The summed E-state index contributed by atoms with van der Waals surface area (Å²) in [5.74, 6) is 0.936. The molecule has 2 aromatic rings. The molecule has 0 aliphatic rings. The summed E-state index contributed by atoms with van der Waals surface area (Å²) in [6.45, 7) is 4.81. The largest absolute Gasteiger partial charge is 0.493 e. The first kappa shape index (κ1) is 18.4. The van der Waals surface area contributed by atoms with E-state index in [0.717, 1.165) is 15.9 Å². The number of halogens is 1. The van der Waals surface area contributed by atoms with Crippen LogP contribution in [0.3, 0.4) is 0 Å². The van der Waals surface area contributed by atoms with Gasteiger partial charge in [0.05, 0.1) is 6.61 Å². The zero-order valence-electron chi connectivity index (χ0n) is 13.5. The Morgan fingerprint density at radius 1 is 1.12 bits per heavy atom. The summed E-state index contributed by atoms with van der Waals surface area (Å²) in [5.41, 5.74) is 1.33. The third kappa shape index (κ3) is 5.94. The Morgan fingerprint density at radius 2 is 1.75 bits per heavy atom. The Balaban J connectivity index is 1.89. The molecule has 0 heterocycles. The highest BCUT2D eigenvalue weighted by Crippen LogP contribution is 2.15. The average molecular weight is 407 g/mol. The Bertz CT molecular complexity index is 700. The molecule has 0 unspecified atom stereocenters. The number of rotatable bonds is 5. The van der Waals surface area contributed by atoms with Gasteiger partial charge in [0.25, 0.3) is 5.91 Å². The molecule has 0 atom stereocenters. The molecule has 4 nitrogen and oxygen atoms in total. The lowest BCUT2D eigenvalue weighted by Gasteiger charge is -2.11. The van der Waals surface area contributed by atoms with Crippen molar-refractivity contribution in [2.45, 2.75) is 13.8 Å². The van der Waals surface area contributed by atoms with Crippen LogP contribution in [-0.4, -0.2) is 17.6 Å². The second kappa shape index (κ2) is 8.80. The SMILES string of the molecule is CC(C)COc1ccc(C(=O)NC(=S)Nc2ccc(Br)cc2)cc1. The van der Waals surface area contributed by atoms with E-state index in [1.165, 1.54) is 0 Å². The lowest BCUT2D eigenvalue weighted by molar-refractivity contribution is 0.0977. The van der Waals surface area contributed by atoms with Crippen molar-refractivity contribution in [3.63, 3.8) is 0 Å². The number of amides is 1. The smallest absolute Gasteiger partial charge is 0.257 e. The number of nitrogens with one attached hydrogen (secondary N) is 2. The zero-order chi connectivity index (χ0) is 17.5. The topological polar surface area (TPSA) is 50.4 Å². The van der Waals surface area contributed by atoms with Gasteiger partial charge in [0, 0.05) is 15.7 Å². The summed E-state index contributed by atoms with van der Waals surface area (Å²) in [7, 11) is 0.